The SMILES string of the molecule is O=c1n(Cc2ccc(C(F)(F)F)cc2)nc2c(-c3ccc(Cl)cc3)c(-c3ccc(Cl)cc3)c(Cl)nn12. The molecule has 0 atom stereocenters. The molecule has 5 rings (SSSR count). The van der Waals surface area contributed by atoms with Gasteiger partial charge in [0.05, 0.1) is 12.1 Å². The second kappa shape index (κ2) is 9.28. The minimum Gasteiger partial charge on any atom is -0.244 e. The topological polar surface area (TPSA) is 52.2 Å². The van der Waals surface area contributed by atoms with Crippen molar-refractivity contribution in [2.24, 2.45) is 0 Å². The van der Waals surface area contributed by atoms with Gasteiger partial charge in [-0.3, -0.25) is 0 Å². The summed E-state index contributed by atoms with van der Waals surface area (Å²) < 4.78 is 40.9. The minimum atomic E-state index is -4.45. The molecular formula is C25H14Cl3F3N4O. The number of hydrogen-bond acceptors (Lipinski definition) is 3. The molecule has 2 heterocycles. The van der Waals surface area contributed by atoms with Gasteiger partial charge in [0.2, 0.25) is 0 Å². The van der Waals surface area contributed by atoms with Crippen LogP contribution in [0.5, 0.6) is 0 Å². The molecule has 0 aliphatic rings. The summed E-state index contributed by atoms with van der Waals surface area (Å²) in [4.78, 5) is 13.2. The van der Waals surface area contributed by atoms with Crippen molar-refractivity contribution in [3.63, 3.8) is 0 Å². The summed E-state index contributed by atoms with van der Waals surface area (Å²) in [6.07, 6.45) is -4.45. The van der Waals surface area contributed by atoms with Crippen molar-refractivity contribution in [2.75, 3.05) is 0 Å². The van der Waals surface area contributed by atoms with Crippen LogP contribution in [-0.2, 0) is 12.7 Å². The highest BCUT2D eigenvalue weighted by Crippen LogP contribution is 2.39. The Hall–Kier alpha value is -3.33. The molecule has 0 amide bonds. The number of hydrogen-bond donors (Lipinski definition) is 0. The van der Waals surface area contributed by atoms with Crippen LogP contribution in [0.15, 0.2) is 77.6 Å². The first-order valence-corrected chi connectivity index (χ1v) is 11.6. The van der Waals surface area contributed by atoms with Gasteiger partial charge in [0, 0.05) is 21.2 Å². The summed E-state index contributed by atoms with van der Waals surface area (Å²) in [6.45, 7) is -0.0612. The van der Waals surface area contributed by atoms with E-state index in [9.17, 15) is 18.0 Å². The lowest BCUT2D eigenvalue weighted by Crippen LogP contribution is -2.23. The molecule has 0 spiro atoms. The fraction of sp³-hybridized carbons (Fsp3) is 0.0800. The highest BCUT2D eigenvalue weighted by atomic mass is 35.5. The van der Waals surface area contributed by atoms with Gasteiger partial charge in [-0.2, -0.15) is 17.7 Å². The molecule has 0 fully saturated rings. The Morgan fingerprint density at radius 1 is 0.722 bits per heavy atom. The van der Waals surface area contributed by atoms with Crippen LogP contribution in [0.25, 0.3) is 27.9 Å². The van der Waals surface area contributed by atoms with E-state index in [1.807, 2.05) is 0 Å². The van der Waals surface area contributed by atoms with Crippen molar-refractivity contribution in [3.05, 3.63) is 110 Å². The van der Waals surface area contributed by atoms with E-state index in [0.717, 1.165) is 21.3 Å². The maximum Gasteiger partial charge on any atom is 0.416 e. The molecule has 0 aliphatic heterocycles. The number of halogens is 6. The fourth-order valence-corrected chi connectivity index (χ4v) is 4.37. The molecule has 0 radical (unpaired) electrons. The molecule has 0 aliphatic carbocycles. The van der Waals surface area contributed by atoms with Crippen molar-refractivity contribution in [3.8, 4) is 22.3 Å². The summed E-state index contributed by atoms with van der Waals surface area (Å²) in [5.74, 6) is 0. The lowest BCUT2D eigenvalue weighted by molar-refractivity contribution is -0.137. The van der Waals surface area contributed by atoms with Crippen molar-refractivity contribution in [2.45, 2.75) is 12.7 Å². The molecular weight excluding hydrogens is 536 g/mol. The number of rotatable bonds is 4. The number of benzene rings is 3. The molecule has 11 heteroatoms. The van der Waals surface area contributed by atoms with E-state index in [-0.39, 0.29) is 17.3 Å². The highest BCUT2D eigenvalue weighted by molar-refractivity contribution is 6.33. The van der Waals surface area contributed by atoms with Gasteiger partial charge < -0.3 is 0 Å². The molecule has 2 aromatic heterocycles. The van der Waals surface area contributed by atoms with Gasteiger partial charge in [-0.05, 0) is 53.1 Å². The van der Waals surface area contributed by atoms with Gasteiger partial charge in [0.15, 0.2) is 10.8 Å². The van der Waals surface area contributed by atoms with Gasteiger partial charge in [-0.25, -0.2) is 9.48 Å². The van der Waals surface area contributed by atoms with Crippen LogP contribution in [0.4, 0.5) is 13.2 Å². The zero-order chi connectivity index (χ0) is 25.6. The number of aromatic nitrogens is 4. The van der Waals surface area contributed by atoms with Crippen molar-refractivity contribution in [1.29, 1.82) is 0 Å². The first kappa shape index (κ1) is 24.4. The fourth-order valence-electron chi connectivity index (χ4n) is 3.84. The molecule has 5 aromatic rings. The van der Waals surface area contributed by atoms with Crippen LogP contribution >= 0.6 is 34.8 Å². The molecule has 0 N–H and O–H groups in total. The Bertz CT molecular complexity index is 1630. The number of alkyl halides is 3. The normalized spacial score (nSPS) is 11.8. The minimum absolute atomic E-state index is 0.0611. The van der Waals surface area contributed by atoms with E-state index >= 15 is 0 Å². The highest BCUT2D eigenvalue weighted by Gasteiger charge is 2.30. The molecule has 5 nitrogen and oxygen atoms in total. The molecule has 0 bridgehead atoms. The molecule has 0 saturated carbocycles. The van der Waals surface area contributed by atoms with Crippen molar-refractivity contribution in [1.82, 2.24) is 19.4 Å². The molecule has 0 saturated heterocycles. The predicted molar refractivity (Wildman–Crippen MR) is 134 cm³/mol. The monoisotopic (exact) mass is 548 g/mol. The van der Waals surface area contributed by atoms with E-state index in [2.05, 4.69) is 10.2 Å². The quantitative estimate of drug-likeness (QED) is 0.237. The Balaban J connectivity index is 1.70. The van der Waals surface area contributed by atoms with E-state index < -0.39 is 17.4 Å². The van der Waals surface area contributed by atoms with Gasteiger partial charge in [0.1, 0.15) is 0 Å². The Morgan fingerprint density at radius 2 is 1.25 bits per heavy atom. The third kappa shape index (κ3) is 4.59. The molecule has 182 valence electrons. The third-order valence-corrected chi connectivity index (χ3v) is 6.33. The maximum absolute atomic E-state index is 13.2. The average molecular weight is 550 g/mol. The Kier molecular flexibility index (Phi) is 6.28. The maximum atomic E-state index is 13.2. The van der Waals surface area contributed by atoms with E-state index in [1.54, 1.807) is 48.5 Å². The van der Waals surface area contributed by atoms with Crippen LogP contribution in [0.3, 0.4) is 0 Å². The van der Waals surface area contributed by atoms with Crippen molar-refractivity contribution >= 4 is 40.4 Å². The van der Waals surface area contributed by atoms with Gasteiger partial charge in [0.25, 0.3) is 0 Å². The Labute approximate surface area is 217 Å². The van der Waals surface area contributed by atoms with E-state index in [1.165, 1.54) is 12.1 Å². The first-order valence-electron chi connectivity index (χ1n) is 10.5. The predicted octanol–water partition coefficient (Wildman–Crippen LogP) is 7.25. The summed E-state index contributed by atoms with van der Waals surface area (Å²) in [6, 6.07) is 18.4. The van der Waals surface area contributed by atoms with Gasteiger partial charge in [-0.15, -0.1) is 10.2 Å². The Morgan fingerprint density at radius 3 is 1.78 bits per heavy atom. The van der Waals surface area contributed by atoms with E-state index in [0.29, 0.717) is 37.9 Å². The van der Waals surface area contributed by atoms with Crippen LogP contribution < -0.4 is 5.69 Å². The number of fused-ring (bicyclic) bond motifs is 1. The van der Waals surface area contributed by atoms with E-state index in [4.69, 9.17) is 34.8 Å². The summed E-state index contributed by atoms with van der Waals surface area (Å²) in [5.41, 5.74) is 1.78. The summed E-state index contributed by atoms with van der Waals surface area (Å²) >= 11 is 18.7. The number of nitrogens with zero attached hydrogens (tertiary/aromatic N) is 4. The zero-order valence-corrected chi connectivity index (χ0v) is 20.4. The second-order valence-electron chi connectivity index (χ2n) is 7.92. The molecule has 0 unspecified atom stereocenters. The average Bonchev–Trinajstić information content (AvgIpc) is 3.14. The smallest absolute Gasteiger partial charge is 0.244 e. The zero-order valence-electron chi connectivity index (χ0n) is 18.1. The molecule has 36 heavy (non-hydrogen) atoms. The summed E-state index contributed by atoms with van der Waals surface area (Å²) in [5, 5.41) is 9.87. The third-order valence-electron chi connectivity index (χ3n) is 5.57. The lowest BCUT2D eigenvalue weighted by atomic mass is 9.97. The summed E-state index contributed by atoms with van der Waals surface area (Å²) in [7, 11) is 0. The van der Waals surface area contributed by atoms with Crippen LogP contribution in [0, 0.1) is 0 Å². The second-order valence-corrected chi connectivity index (χ2v) is 9.16. The molecule has 3 aromatic carbocycles. The lowest BCUT2D eigenvalue weighted by Gasteiger charge is -2.12. The van der Waals surface area contributed by atoms with Crippen LogP contribution in [-0.4, -0.2) is 19.4 Å². The van der Waals surface area contributed by atoms with Crippen molar-refractivity contribution < 1.29 is 13.2 Å². The van der Waals surface area contributed by atoms with Gasteiger partial charge >= 0.3 is 11.9 Å². The largest absolute Gasteiger partial charge is 0.416 e. The standard InChI is InChI=1S/C25H14Cl3F3N4O/c26-18-9-3-15(4-10-18)20-21(16-5-11-19(27)12-6-16)23-33-34(24(36)35(23)32-22(20)28)13-14-1-7-17(8-2-14)25(29,30)31/h1-12H,13H2. The van der Waals surface area contributed by atoms with Crippen LogP contribution in [0.1, 0.15) is 11.1 Å². The first-order chi connectivity index (χ1) is 17.1. The van der Waals surface area contributed by atoms with Gasteiger partial charge in [-0.1, -0.05) is 71.2 Å². The van der Waals surface area contributed by atoms with Crippen LogP contribution in [0.2, 0.25) is 15.2 Å².